The van der Waals surface area contributed by atoms with E-state index in [4.69, 9.17) is 0 Å². The van der Waals surface area contributed by atoms with Crippen LogP contribution in [0.1, 0.15) is 36.0 Å². The maximum absolute atomic E-state index is 12.6. The molecule has 2 unspecified atom stereocenters. The summed E-state index contributed by atoms with van der Waals surface area (Å²) in [6, 6.07) is 7.28. The molecule has 3 nitrogen and oxygen atoms in total. The molecule has 2 atom stereocenters. The minimum Gasteiger partial charge on any atom is -0.339 e. The average Bonchev–Trinajstić information content (AvgIpc) is 2.74. The van der Waals surface area contributed by atoms with E-state index in [0.29, 0.717) is 18.1 Å². The number of hydrogen-bond donors (Lipinski definition) is 1. The Balaban J connectivity index is 1.76. The molecule has 2 fully saturated rings. The van der Waals surface area contributed by atoms with Gasteiger partial charge in [0.1, 0.15) is 0 Å². The molecule has 3 rings (SSSR count). The van der Waals surface area contributed by atoms with Gasteiger partial charge in [-0.2, -0.15) is 0 Å². The Morgan fingerprint density at radius 2 is 1.70 bits per heavy atom. The number of nitrogens with one attached hydrogen (secondary N) is 1. The van der Waals surface area contributed by atoms with E-state index in [-0.39, 0.29) is 5.91 Å². The van der Waals surface area contributed by atoms with Crippen molar-refractivity contribution in [1.29, 1.82) is 0 Å². The van der Waals surface area contributed by atoms with E-state index in [9.17, 15) is 4.79 Å². The Bertz CT molecular complexity index is 502. The molecule has 2 aliphatic rings. The third-order valence-corrected chi connectivity index (χ3v) is 5.34. The van der Waals surface area contributed by atoms with E-state index in [1.54, 1.807) is 0 Å². The normalized spacial score (nSPS) is 28.4. The van der Waals surface area contributed by atoms with Crippen LogP contribution in [-0.4, -0.2) is 36.0 Å². The van der Waals surface area contributed by atoms with Crippen LogP contribution in [0.4, 0.5) is 0 Å². The monoisotopic (exact) mass is 400 g/mol. The van der Waals surface area contributed by atoms with Gasteiger partial charge in [-0.15, -0.1) is 0 Å². The van der Waals surface area contributed by atoms with Crippen LogP contribution in [0.25, 0.3) is 0 Å². The SMILES string of the molecule is CN(C(=O)c1cc(Br)cc(Br)c1)C1CC2CCC(C1)N2. The largest absolute Gasteiger partial charge is 0.339 e. The second-order valence-electron chi connectivity index (χ2n) is 5.84. The third kappa shape index (κ3) is 2.95. The standard InChI is InChI=1S/C15H18Br2N2O/c1-19(14-7-12-2-3-13(8-14)18-12)15(20)9-4-10(16)6-11(17)5-9/h4-6,12-14,18H,2-3,7-8H2,1H3. The van der Waals surface area contributed by atoms with Gasteiger partial charge in [-0.25, -0.2) is 0 Å². The van der Waals surface area contributed by atoms with Crippen LogP contribution in [0.2, 0.25) is 0 Å². The lowest BCUT2D eigenvalue weighted by molar-refractivity contribution is 0.0681. The molecule has 1 N–H and O–H groups in total. The van der Waals surface area contributed by atoms with Crippen molar-refractivity contribution < 1.29 is 4.79 Å². The molecular weight excluding hydrogens is 384 g/mol. The van der Waals surface area contributed by atoms with Gasteiger partial charge in [0, 0.05) is 39.7 Å². The summed E-state index contributed by atoms with van der Waals surface area (Å²) in [7, 11) is 1.94. The van der Waals surface area contributed by atoms with Crippen LogP contribution >= 0.6 is 31.9 Å². The Morgan fingerprint density at radius 3 is 2.25 bits per heavy atom. The zero-order valence-electron chi connectivity index (χ0n) is 11.4. The summed E-state index contributed by atoms with van der Waals surface area (Å²) in [5.74, 6) is 0.110. The van der Waals surface area contributed by atoms with Gasteiger partial charge in [0.05, 0.1) is 0 Å². The number of piperidine rings is 1. The molecule has 108 valence electrons. The van der Waals surface area contributed by atoms with Crippen LogP contribution in [0.15, 0.2) is 27.1 Å². The van der Waals surface area contributed by atoms with E-state index in [1.165, 1.54) is 12.8 Å². The predicted molar refractivity (Wildman–Crippen MR) is 86.9 cm³/mol. The minimum atomic E-state index is 0.110. The number of nitrogens with zero attached hydrogens (tertiary/aromatic N) is 1. The Kier molecular flexibility index (Phi) is 4.20. The molecule has 2 heterocycles. The number of rotatable bonds is 2. The van der Waals surface area contributed by atoms with E-state index >= 15 is 0 Å². The van der Waals surface area contributed by atoms with Crippen LogP contribution in [-0.2, 0) is 0 Å². The number of benzene rings is 1. The van der Waals surface area contributed by atoms with E-state index < -0.39 is 0 Å². The average molecular weight is 402 g/mol. The number of halogens is 2. The molecule has 2 bridgehead atoms. The lowest BCUT2D eigenvalue weighted by Gasteiger charge is -2.35. The second kappa shape index (κ2) is 5.78. The van der Waals surface area contributed by atoms with E-state index in [0.717, 1.165) is 27.4 Å². The first-order valence-electron chi connectivity index (χ1n) is 7.02. The minimum absolute atomic E-state index is 0.110. The highest BCUT2D eigenvalue weighted by Crippen LogP contribution is 2.30. The molecule has 1 aromatic carbocycles. The fourth-order valence-corrected chi connectivity index (χ4v) is 4.68. The Morgan fingerprint density at radius 1 is 1.15 bits per heavy atom. The molecule has 2 saturated heterocycles. The van der Waals surface area contributed by atoms with Gasteiger partial charge in [-0.05, 0) is 43.9 Å². The van der Waals surface area contributed by atoms with Crippen molar-refractivity contribution in [3.05, 3.63) is 32.7 Å². The maximum atomic E-state index is 12.6. The van der Waals surface area contributed by atoms with Crippen LogP contribution in [0.5, 0.6) is 0 Å². The van der Waals surface area contributed by atoms with E-state index in [2.05, 4.69) is 37.2 Å². The van der Waals surface area contributed by atoms with Crippen LogP contribution in [0.3, 0.4) is 0 Å². The number of carbonyl (C=O) groups excluding carboxylic acids is 1. The summed E-state index contributed by atoms with van der Waals surface area (Å²) in [6.07, 6.45) is 4.67. The third-order valence-electron chi connectivity index (χ3n) is 4.43. The van der Waals surface area contributed by atoms with Crippen molar-refractivity contribution in [1.82, 2.24) is 10.2 Å². The molecule has 1 aromatic rings. The molecule has 0 aliphatic carbocycles. The summed E-state index contributed by atoms with van der Waals surface area (Å²) in [6.45, 7) is 0. The van der Waals surface area contributed by atoms with Gasteiger partial charge in [-0.1, -0.05) is 31.9 Å². The lowest BCUT2D eigenvalue weighted by Crippen LogP contribution is -2.48. The molecule has 0 aromatic heterocycles. The molecule has 1 amide bonds. The highest BCUT2D eigenvalue weighted by molar-refractivity contribution is 9.11. The van der Waals surface area contributed by atoms with Gasteiger partial charge in [0.15, 0.2) is 0 Å². The van der Waals surface area contributed by atoms with Gasteiger partial charge < -0.3 is 10.2 Å². The maximum Gasteiger partial charge on any atom is 0.253 e. The topological polar surface area (TPSA) is 32.3 Å². The van der Waals surface area contributed by atoms with Gasteiger partial charge in [0.2, 0.25) is 0 Å². The molecule has 0 radical (unpaired) electrons. The van der Waals surface area contributed by atoms with Crippen LogP contribution in [0, 0.1) is 0 Å². The fourth-order valence-electron chi connectivity index (χ4n) is 3.39. The summed E-state index contributed by atoms with van der Waals surface area (Å²) < 4.78 is 1.85. The summed E-state index contributed by atoms with van der Waals surface area (Å²) in [5.41, 5.74) is 0.736. The first kappa shape index (κ1) is 14.5. The molecule has 20 heavy (non-hydrogen) atoms. The van der Waals surface area contributed by atoms with Crippen molar-refractivity contribution in [2.45, 2.75) is 43.8 Å². The van der Waals surface area contributed by atoms with Gasteiger partial charge in [-0.3, -0.25) is 4.79 Å². The highest BCUT2D eigenvalue weighted by Gasteiger charge is 2.36. The zero-order chi connectivity index (χ0) is 14.3. The number of amides is 1. The Labute approximate surface area is 136 Å². The quantitative estimate of drug-likeness (QED) is 0.821. The summed E-state index contributed by atoms with van der Waals surface area (Å²) in [4.78, 5) is 14.6. The van der Waals surface area contributed by atoms with Crippen molar-refractivity contribution in [3.8, 4) is 0 Å². The van der Waals surface area contributed by atoms with Crippen molar-refractivity contribution in [2.24, 2.45) is 0 Å². The van der Waals surface area contributed by atoms with E-state index in [1.807, 2.05) is 30.1 Å². The molecule has 0 saturated carbocycles. The molecule has 5 heteroatoms. The highest BCUT2D eigenvalue weighted by atomic mass is 79.9. The molecular formula is C15H18Br2N2O. The van der Waals surface area contributed by atoms with Crippen LogP contribution < -0.4 is 5.32 Å². The molecule has 0 spiro atoms. The molecule has 2 aliphatic heterocycles. The number of hydrogen-bond acceptors (Lipinski definition) is 2. The first-order valence-corrected chi connectivity index (χ1v) is 8.61. The zero-order valence-corrected chi connectivity index (χ0v) is 14.6. The first-order chi connectivity index (χ1) is 9.52. The van der Waals surface area contributed by atoms with Crippen molar-refractivity contribution >= 4 is 37.8 Å². The summed E-state index contributed by atoms with van der Waals surface area (Å²) >= 11 is 6.89. The Hall–Kier alpha value is -0.390. The summed E-state index contributed by atoms with van der Waals surface area (Å²) in [5, 5.41) is 3.62. The number of fused-ring (bicyclic) bond motifs is 2. The van der Waals surface area contributed by atoms with Crippen molar-refractivity contribution in [3.63, 3.8) is 0 Å². The fraction of sp³-hybridized carbons (Fsp3) is 0.533. The van der Waals surface area contributed by atoms with Crippen molar-refractivity contribution in [2.75, 3.05) is 7.05 Å². The van der Waals surface area contributed by atoms with Gasteiger partial charge in [0.25, 0.3) is 5.91 Å². The second-order valence-corrected chi connectivity index (χ2v) is 7.67. The number of carbonyl (C=O) groups is 1. The lowest BCUT2D eigenvalue weighted by atomic mass is 9.98. The smallest absolute Gasteiger partial charge is 0.253 e. The predicted octanol–water partition coefficient (Wildman–Crippen LogP) is 3.57. The van der Waals surface area contributed by atoms with Gasteiger partial charge >= 0.3 is 0 Å².